The number of para-hydroxylation sites is 2. The Kier molecular flexibility index (Phi) is 7.21. The fourth-order valence-electron chi connectivity index (χ4n) is 8.67. The summed E-state index contributed by atoms with van der Waals surface area (Å²) in [4.78, 5) is 8.89. The first-order chi connectivity index (χ1) is 26.3. The molecule has 0 aliphatic heterocycles. The maximum absolute atomic E-state index is 5.31. The number of hydrogen-bond donors (Lipinski definition) is 1. The molecule has 0 spiro atoms. The van der Waals surface area contributed by atoms with E-state index in [9.17, 15) is 0 Å². The number of rotatable bonds is 6. The van der Waals surface area contributed by atoms with E-state index in [4.69, 9.17) is 4.99 Å². The van der Waals surface area contributed by atoms with E-state index in [0.717, 1.165) is 33.4 Å². The zero-order valence-electron chi connectivity index (χ0n) is 30.7. The summed E-state index contributed by atoms with van der Waals surface area (Å²) in [5, 5.41) is 4.90. The first-order valence-corrected chi connectivity index (χ1v) is 18.7. The molecule has 0 radical (unpaired) electrons. The zero-order chi connectivity index (χ0) is 36.6. The molecule has 1 aliphatic rings. The van der Waals surface area contributed by atoms with Crippen molar-refractivity contribution >= 4 is 60.7 Å². The van der Waals surface area contributed by atoms with Gasteiger partial charge in [0.05, 0.1) is 16.7 Å². The van der Waals surface area contributed by atoms with Gasteiger partial charge < -0.3 is 4.98 Å². The second-order valence-corrected chi connectivity index (χ2v) is 15.1. The number of nitrogens with one attached hydrogen (secondary N) is 1. The van der Waals surface area contributed by atoms with Crippen LogP contribution in [0.15, 0.2) is 175 Å². The third kappa shape index (κ3) is 5.00. The van der Waals surface area contributed by atoms with Crippen LogP contribution in [0.1, 0.15) is 43.0 Å². The minimum atomic E-state index is -0.186. The highest BCUT2D eigenvalue weighted by Crippen LogP contribution is 2.52. The molecule has 2 heterocycles. The maximum atomic E-state index is 5.31. The standard InChI is InChI=1S/C51H39N3/c1-32(34-15-7-5-8-16-34)27-48(35-17-9-6-10-18-35)52-33(2)54-49-22-14-12-20-39(49)43-30-41-40-28-36(23-25-44(40)51(3,4)45(41)31-50(43)54)37-24-26-47-42(29-37)38-19-11-13-21-46(38)53-47/h5-31,53H,2H2,1,3-4H3/b32-27+,52-48+. The third-order valence-electron chi connectivity index (χ3n) is 11.5. The second kappa shape index (κ2) is 12.2. The molecule has 1 N–H and O–H groups in total. The van der Waals surface area contributed by atoms with Crippen molar-refractivity contribution in [2.75, 3.05) is 0 Å². The summed E-state index contributed by atoms with van der Waals surface area (Å²) in [6.45, 7) is 11.5. The highest BCUT2D eigenvalue weighted by molar-refractivity contribution is 6.16. The van der Waals surface area contributed by atoms with Gasteiger partial charge in [-0.15, -0.1) is 0 Å². The average molecular weight is 694 g/mol. The molecule has 10 rings (SSSR count). The van der Waals surface area contributed by atoms with Crippen molar-refractivity contribution in [2.24, 2.45) is 4.99 Å². The van der Waals surface area contributed by atoms with Gasteiger partial charge in [-0.05, 0) is 100.0 Å². The fraction of sp³-hybridized carbons (Fsp3) is 0.0784. The lowest BCUT2D eigenvalue weighted by Gasteiger charge is -2.22. The Balaban J connectivity index is 1.13. The predicted octanol–water partition coefficient (Wildman–Crippen LogP) is 13.4. The van der Waals surface area contributed by atoms with Gasteiger partial charge >= 0.3 is 0 Å². The topological polar surface area (TPSA) is 33.1 Å². The van der Waals surface area contributed by atoms with E-state index < -0.39 is 0 Å². The van der Waals surface area contributed by atoms with Crippen LogP contribution in [0.4, 0.5) is 0 Å². The molecule has 54 heavy (non-hydrogen) atoms. The number of fused-ring (bicyclic) bond motifs is 9. The van der Waals surface area contributed by atoms with Gasteiger partial charge in [0.1, 0.15) is 5.82 Å². The lowest BCUT2D eigenvalue weighted by Crippen LogP contribution is -2.15. The van der Waals surface area contributed by atoms with Crippen molar-refractivity contribution in [1.82, 2.24) is 9.55 Å². The van der Waals surface area contributed by atoms with Crippen LogP contribution in [-0.2, 0) is 5.41 Å². The first kappa shape index (κ1) is 32.0. The summed E-state index contributed by atoms with van der Waals surface area (Å²) < 4.78 is 2.25. The summed E-state index contributed by atoms with van der Waals surface area (Å²) in [5.41, 5.74) is 16.3. The molecule has 3 heteroatoms. The van der Waals surface area contributed by atoms with Crippen molar-refractivity contribution in [1.29, 1.82) is 0 Å². The number of nitrogens with zero attached hydrogens (tertiary/aromatic N) is 2. The van der Waals surface area contributed by atoms with Gasteiger partial charge in [0.25, 0.3) is 0 Å². The molecule has 258 valence electrons. The highest BCUT2D eigenvalue weighted by Gasteiger charge is 2.36. The van der Waals surface area contributed by atoms with Gasteiger partial charge in [-0.2, -0.15) is 0 Å². The summed E-state index contributed by atoms with van der Waals surface area (Å²) in [6.07, 6.45) is 2.18. The van der Waals surface area contributed by atoms with Crippen molar-refractivity contribution in [3.8, 4) is 22.3 Å². The second-order valence-electron chi connectivity index (χ2n) is 15.1. The van der Waals surface area contributed by atoms with E-state index in [2.05, 4.69) is 189 Å². The van der Waals surface area contributed by atoms with Crippen LogP contribution in [0, 0.1) is 0 Å². The molecule has 9 aromatic rings. The van der Waals surface area contributed by atoms with Gasteiger partial charge in [-0.25, -0.2) is 4.99 Å². The number of H-pyrrole nitrogens is 1. The van der Waals surface area contributed by atoms with E-state index in [0.29, 0.717) is 5.82 Å². The molecule has 7 aromatic carbocycles. The van der Waals surface area contributed by atoms with Crippen LogP contribution in [0.5, 0.6) is 0 Å². The molecule has 1 aliphatic carbocycles. The summed E-state index contributed by atoms with van der Waals surface area (Å²) in [6, 6.07) is 56.7. The van der Waals surface area contributed by atoms with E-state index >= 15 is 0 Å². The Labute approximate surface area is 315 Å². The molecule has 0 atom stereocenters. The number of benzene rings is 7. The Morgan fingerprint density at radius 1 is 0.574 bits per heavy atom. The van der Waals surface area contributed by atoms with Gasteiger partial charge in [0.15, 0.2) is 0 Å². The molecule has 0 fully saturated rings. The van der Waals surface area contributed by atoms with E-state index in [1.165, 1.54) is 66.0 Å². The largest absolute Gasteiger partial charge is 0.355 e. The summed E-state index contributed by atoms with van der Waals surface area (Å²) in [5.74, 6) is 0.681. The molecule has 0 bridgehead atoms. The molecular formula is C51H39N3. The number of aliphatic imine (C=N–C) groups is 1. The normalized spacial score (nSPS) is 13.9. The predicted molar refractivity (Wildman–Crippen MR) is 230 cm³/mol. The van der Waals surface area contributed by atoms with Crippen LogP contribution < -0.4 is 0 Å². The molecular weight excluding hydrogens is 655 g/mol. The number of aromatic nitrogens is 2. The Morgan fingerprint density at radius 3 is 2.00 bits per heavy atom. The Bertz CT molecular complexity index is 3020. The van der Waals surface area contributed by atoms with Crippen LogP contribution in [0.25, 0.3) is 77.3 Å². The maximum Gasteiger partial charge on any atom is 0.131 e. The van der Waals surface area contributed by atoms with Crippen molar-refractivity contribution < 1.29 is 0 Å². The molecule has 0 saturated carbocycles. The molecule has 0 unspecified atom stereocenters. The fourth-order valence-corrected chi connectivity index (χ4v) is 8.67. The third-order valence-corrected chi connectivity index (χ3v) is 11.5. The van der Waals surface area contributed by atoms with Crippen LogP contribution >= 0.6 is 0 Å². The molecule has 2 aromatic heterocycles. The minimum absolute atomic E-state index is 0.186. The molecule has 0 amide bonds. The summed E-state index contributed by atoms with van der Waals surface area (Å²) in [7, 11) is 0. The Hall–Kier alpha value is -6.71. The smallest absolute Gasteiger partial charge is 0.131 e. The number of hydrogen-bond acceptors (Lipinski definition) is 1. The quantitative estimate of drug-likeness (QED) is 0.168. The van der Waals surface area contributed by atoms with Crippen LogP contribution in [0.2, 0.25) is 0 Å². The van der Waals surface area contributed by atoms with Crippen molar-refractivity contribution in [3.63, 3.8) is 0 Å². The van der Waals surface area contributed by atoms with Crippen molar-refractivity contribution in [2.45, 2.75) is 26.2 Å². The van der Waals surface area contributed by atoms with E-state index in [-0.39, 0.29) is 5.41 Å². The molecule has 3 nitrogen and oxygen atoms in total. The van der Waals surface area contributed by atoms with Crippen molar-refractivity contribution in [3.05, 3.63) is 193 Å². The minimum Gasteiger partial charge on any atom is -0.355 e. The Morgan fingerprint density at radius 2 is 1.20 bits per heavy atom. The highest BCUT2D eigenvalue weighted by atomic mass is 15.1. The van der Waals surface area contributed by atoms with Gasteiger partial charge in [0, 0.05) is 43.6 Å². The zero-order valence-corrected chi connectivity index (χ0v) is 30.7. The van der Waals surface area contributed by atoms with Gasteiger partial charge in [-0.1, -0.05) is 136 Å². The summed E-state index contributed by atoms with van der Waals surface area (Å²) >= 11 is 0. The number of allylic oxidation sites excluding steroid dienone is 2. The van der Waals surface area contributed by atoms with Crippen LogP contribution in [-0.4, -0.2) is 15.3 Å². The SMILES string of the molecule is C=C(/N=C(\C=C(/C)c1ccccc1)c1ccccc1)n1c2ccccc2c2cc3c(cc21)C(C)(C)c1ccc(-c2ccc4[nH]c5ccccc5c4c2)cc1-3. The van der Waals surface area contributed by atoms with E-state index in [1.54, 1.807) is 0 Å². The lowest BCUT2D eigenvalue weighted by atomic mass is 9.82. The first-order valence-electron chi connectivity index (χ1n) is 18.7. The number of aromatic amines is 1. The van der Waals surface area contributed by atoms with Gasteiger partial charge in [-0.3, -0.25) is 4.57 Å². The average Bonchev–Trinajstić information content (AvgIpc) is 3.82. The van der Waals surface area contributed by atoms with E-state index in [1.807, 2.05) is 12.1 Å². The van der Waals surface area contributed by atoms with Crippen LogP contribution in [0.3, 0.4) is 0 Å². The molecule has 0 saturated heterocycles. The lowest BCUT2D eigenvalue weighted by molar-refractivity contribution is 0.661. The van der Waals surface area contributed by atoms with Gasteiger partial charge in [0.2, 0.25) is 0 Å². The monoisotopic (exact) mass is 693 g/mol.